The lowest BCUT2D eigenvalue weighted by molar-refractivity contribution is 0.189. The summed E-state index contributed by atoms with van der Waals surface area (Å²) in [5.74, 6) is -0.246. The van der Waals surface area contributed by atoms with E-state index in [9.17, 15) is 9.18 Å². The highest BCUT2D eigenvalue weighted by Crippen LogP contribution is 2.21. The van der Waals surface area contributed by atoms with Gasteiger partial charge in [0.25, 0.3) is 0 Å². The third kappa shape index (κ3) is 3.43. The Morgan fingerprint density at radius 2 is 2.11 bits per heavy atom. The first kappa shape index (κ1) is 12.8. The summed E-state index contributed by atoms with van der Waals surface area (Å²) in [6.07, 6.45) is -2.05. The summed E-state index contributed by atoms with van der Waals surface area (Å²) in [5.41, 5.74) is 1.15. The Hall–Kier alpha value is -1.62. The van der Waals surface area contributed by atoms with Gasteiger partial charge in [0.1, 0.15) is 6.17 Å². The van der Waals surface area contributed by atoms with Gasteiger partial charge in [-0.15, -0.1) is 0 Å². The number of alkyl halides is 1. The van der Waals surface area contributed by atoms with Gasteiger partial charge in [-0.1, -0.05) is 30.3 Å². The quantitative estimate of drug-likeness (QED) is 0.858. The van der Waals surface area contributed by atoms with E-state index in [4.69, 9.17) is 5.11 Å². The summed E-state index contributed by atoms with van der Waals surface area (Å²) in [6.45, 7) is 1.86. The standard InChI is InChI=1S/C13H17FN2O2/c14-12-9-16(7-10-4-2-1-3-5-10)8-11(12)6-15-13(17)18/h1-5,11-12,15H,6-9H2,(H,17,18). The Balaban J connectivity index is 1.84. The predicted octanol–water partition coefficient (Wildman–Crippen LogP) is 1.72. The summed E-state index contributed by atoms with van der Waals surface area (Å²) in [5, 5.41) is 10.8. The van der Waals surface area contributed by atoms with Gasteiger partial charge in [0.15, 0.2) is 0 Å². The number of hydrogen-bond donors (Lipinski definition) is 2. The second kappa shape index (κ2) is 5.82. The number of hydrogen-bond acceptors (Lipinski definition) is 2. The van der Waals surface area contributed by atoms with Crippen LogP contribution in [0.25, 0.3) is 0 Å². The van der Waals surface area contributed by atoms with Gasteiger partial charge in [-0.25, -0.2) is 9.18 Å². The van der Waals surface area contributed by atoms with Gasteiger partial charge in [0.05, 0.1) is 0 Å². The van der Waals surface area contributed by atoms with E-state index in [1.54, 1.807) is 0 Å². The van der Waals surface area contributed by atoms with Gasteiger partial charge in [-0.3, -0.25) is 4.90 Å². The third-order valence-corrected chi connectivity index (χ3v) is 3.20. The topological polar surface area (TPSA) is 52.6 Å². The number of rotatable bonds is 4. The number of nitrogens with one attached hydrogen (secondary N) is 1. The highest BCUT2D eigenvalue weighted by molar-refractivity contribution is 5.64. The van der Waals surface area contributed by atoms with E-state index in [1.165, 1.54) is 0 Å². The van der Waals surface area contributed by atoms with Crippen LogP contribution in [-0.2, 0) is 6.54 Å². The molecule has 98 valence electrons. The fraction of sp³-hybridized carbons (Fsp3) is 0.462. The third-order valence-electron chi connectivity index (χ3n) is 3.20. The first-order valence-corrected chi connectivity index (χ1v) is 6.02. The van der Waals surface area contributed by atoms with Crippen molar-refractivity contribution in [1.82, 2.24) is 10.2 Å². The maximum Gasteiger partial charge on any atom is 0.404 e. The monoisotopic (exact) mass is 252 g/mol. The Bertz CT molecular complexity index is 399. The molecule has 1 aromatic carbocycles. The molecule has 0 radical (unpaired) electrons. The molecule has 1 saturated heterocycles. The SMILES string of the molecule is O=C(O)NCC1CN(Cc2ccccc2)CC1F. The van der Waals surface area contributed by atoms with Crippen LogP contribution in [0, 0.1) is 5.92 Å². The minimum absolute atomic E-state index is 0.182. The van der Waals surface area contributed by atoms with Crippen LogP contribution in [-0.4, -0.2) is 41.9 Å². The van der Waals surface area contributed by atoms with Crippen molar-refractivity contribution in [1.29, 1.82) is 0 Å². The second-order valence-corrected chi connectivity index (χ2v) is 4.64. The molecule has 2 N–H and O–H groups in total. The van der Waals surface area contributed by atoms with Gasteiger partial charge in [0.2, 0.25) is 0 Å². The summed E-state index contributed by atoms with van der Waals surface area (Å²) in [7, 11) is 0. The molecule has 1 aliphatic heterocycles. The van der Waals surface area contributed by atoms with Gasteiger partial charge < -0.3 is 10.4 Å². The lowest BCUT2D eigenvalue weighted by atomic mass is 10.1. The van der Waals surface area contributed by atoms with Crippen molar-refractivity contribution < 1.29 is 14.3 Å². The van der Waals surface area contributed by atoms with Crippen LogP contribution in [0.4, 0.5) is 9.18 Å². The molecule has 4 nitrogen and oxygen atoms in total. The molecule has 0 aromatic heterocycles. The van der Waals surface area contributed by atoms with E-state index in [0.717, 1.165) is 5.56 Å². The van der Waals surface area contributed by atoms with Crippen molar-refractivity contribution in [2.75, 3.05) is 19.6 Å². The van der Waals surface area contributed by atoms with Gasteiger partial charge in [-0.05, 0) is 5.56 Å². The fourth-order valence-electron chi connectivity index (χ4n) is 2.30. The minimum Gasteiger partial charge on any atom is -0.465 e. The number of benzene rings is 1. The van der Waals surface area contributed by atoms with E-state index < -0.39 is 12.3 Å². The normalized spacial score (nSPS) is 24.1. The molecule has 0 spiro atoms. The molecule has 1 fully saturated rings. The molecule has 1 aromatic rings. The van der Waals surface area contributed by atoms with Crippen LogP contribution >= 0.6 is 0 Å². The molecule has 1 amide bonds. The molecule has 18 heavy (non-hydrogen) atoms. The second-order valence-electron chi connectivity index (χ2n) is 4.64. The molecular weight excluding hydrogens is 235 g/mol. The molecule has 0 saturated carbocycles. The average molecular weight is 252 g/mol. The molecule has 2 rings (SSSR count). The lowest BCUT2D eigenvalue weighted by Gasteiger charge is -2.15. The van der Waals surface area contributed by atoms with Gasteiger partial charge in [-0.2, -0.15) is 0 Å². The highest BCUT2D eigenvalue weighted by atomic mass is 19.1. The van der Waals surface area contributed by atoms with Crippen molar-refractivity contribution in [2.24, 2.45) is 5.92 Å². The first-order chi connectivity index (χ1) is 8.65. The zero-order valence-corrected chi connectivity index (χ0v) is 10.1. The summed E-state index contributed by atoms with van der Waals surface area (Å²) in [4.78, 5) is 12.4. The van der Waals surface area contributed by atoms with Crippen LogP contribution < -0.4 is 5.32 Å². The van der Waals surface area contributed by atoms with E-state index >= 15 is 0 Å². The molecule has 2 atom stereocenters. The van der Waals surface area contributed by atoms with Crippen LogP contribution in [0.15, 0.2) is 30.3 Å². The van der Waals surface area contributed by atoms with E-state index in [2.05, 4.69) is 5.32 Å². The van der Waals surface area contributed by atoms with Gasteiger partial charge in [0, 0.05) is 32.1 Å². The predicted molar refractivity (Wildman–Crippen MR) is 66.1 cm³/mol. The smallest absolute Gasteiger partial charge is 0.404 e. The van der Waals surface area contributed by atoms with E-state index in [1.807, 2.05) is 35.2 Å². The molecule has 0 bridgehead atoms. The Morgan fingerprint density at radius 1 is 1.39 bits per heavy atom. The van der Waals surface area contributed by atoms with E-state index in [-0.39, 0.29) is 12.5 Å². The Labute approximate surface area is 105 Å². The van der Waals surface area contributed by atoms with Crippen molar-refractivity contribution in [3.8, 4) is 0 Å². The lowest BCUT2D eigenvalue weighted by Crippen LogP contribution is -2.32. The first-order valence-electron chi connectivity index (χ1n) is 6.02. The van der Waals surface area contributed by atoms with Crippen LogP contribution in [0.1, 0.15) is 5.56 Å². The average Bonchev–Trinajstić information content (AvgIpc) is 2.68. The molecule has 1 heterocycles. The number of amides is 1. The maximum absolute atomic E-state index is 13.7. The number of carbonyl (C=O) groups is 1. The van der Waals surface area contributed by atoms with E-state index in [0.29, 0.717) is 19.6 Å². The maximum atomic E-state index is 13.7. The summed E-state index contributed by atoms with van der Waals surface area (Å²) < 4.78 is 13.7. The largest absolute Gasteiger partial charge is 0.465 e. The molecule has 2 unspecified atom stereocenters. The summed E-state index contributed by atoms with van der Waals surface area (Å²) >= 11 is 0. The van der Waals surface area contributed by atoms with Crippen molar-refractivity contribution in [3.05, 3.63) is 35.9 Å². The van der Waals surface area contributed by atoms with Crippen LogP contribution in [0.5, 0.6) is 0 Å². The zero-order chi connectivity index (χ0) is 13.0. The minimum atomic E-state index is -1.09. The number of nitrogens with zero attached hydrogens (tertiary/aromatic N) is 1. The van der Waals surface area contributed by atoms with Crippen molar-refractivity contribution in [2.45, 2.75) is 12.7 Å². The Morgan fingerprint density at radius 3 is 2.78 bits per heavy atom. The van der Waals surface area contributed by atoms with Crippen molar-refractivity contribution >= 4 is 6.09 Å². The number of likely N-dealkylation sites (tertiary alicyclic amines) is 1. The van der Waals surface area contributed by atoms with Crippen LogP contribution in [0.2, 0.25) is 0 Å². The molecule has 0 aliphatic carbocycles. The fourth-order valence-corrected chi connectivity index (χ4v) is 2.30. The number of halogens is 1. The molecule has 1 aliphatic rings. The molecule has 5 heteroatoms. The molecular formula is C13H17FN2O2. The van der Waals surface area contributed by atoms with Crippen molar-refractivity contribution in [3.63, 3.8) is 0 Å². The van der Waals surface area contributed by atoms with Gasteiger partial charge >= 0.3 is 6.09 Å². The summed E-state index contributed by atoms with van der Waals surface area (Å²) in [6, 6.07) is 9.89. The number of carboxylic acid groups (broad SMARTS) is 1. The zero-order valence-electron chi connectivity index (χ0n) is 10.1. The Kier molecular flexibility index (Phi) is 4.15. The van der Waals surface area contributed by atoms with Crippen LogP contribution in [0.3, 0.4) is 0 Å². The highest BCUT2D eigenvalue weighted by Gasteiger charge is 2.32.